The highest BCUT2D eigenvalue weighted by Crippen LogP contribution is 2.64. The summed E-state index contributed by atoms with van der Waals surface area (Å²) in [4.78, 5) is 101. The van der Waals surface area contributed by atoms with Gasteiger partial charge in [0.25, 0.3) is 0 Å². The van der Waals surface area contributed by atoms with Crippen LogP contribution in [0.2, 0.25) is 0 Å². The molecule has 1 heterocycles. The van der Waals surface area contributed by atoms with Gasteiger partial charge in [-0.05, 0) is 74.2 Å². The van der Waals surface area contributed by atoms with Crippen LogP contribution < -0.4 is 5.43 Å². The number of hydrogen-bond donors (Lipinski definition) is 3. The minimum absolute atomic E-state index is 0.0270. The summed E-state index contributed by atoms with van der Waals surface area (Å²) in [5.41, 5.74) is -2.87. The number of nitrogens with one attached hydrogen (secondary N) is 1. The van der Waals surface area contributed by atoms with Crippen LogP contribution in [0.4, 0.5) is 0 Å². The van der Waals surface area contributed by atoms with Gasteiger partial charge in [-0.1, -0.05) is 105 Å². The quantitative estimate of drug-likeness (QED) is 0.0261. The van der Waals surface area contributed by atoms with E-state index < -0.39 is 113 Å². The Bertz CT molecular complexity index is 2940. The molecule has 17 nitrogen and oxygen atoms in total. The number of aliphatic hydroxyl groups is 2. The van der Waals surface area contributed by atoms with Gasteiger partial charge < -0.3 is 44.1 Å². The van der Waals surface area contributed by atoms with Crippen LogP contribution in [0.1, 0.15) is 123 Å². The van der Waals surface area contributed by atoms with Crippen molar-refractivity contribution in [2.45, 2.75) is 128 Å². The number of ether oxygens (including phenoxy) is 6. The topological polar surface area (TPSA) is 240 Å². The van der Waals surface area contributed by atoms with Crippen LogP contribution >= 0.6 is 0 Å². The Balaban J connectivity index is 1.30. The SMILES string of the molecule is CCN/N=C(\C)c1ccc(C(=O)O[C@H](C(=O)O[C@@H]2C[C@]3(O)C(OC(=O)c4ccccc4)C4[C@@]5(OC(C)=O)CO[C@H]5C[C@@H](O)[C@]4(C)C(=O)[C@@H](OC(C)=O)C(=C2C)C3(C)C)[C@H](CC(=O)c2ccccc2)c2ccccc2)cc1. The number of ketones is 2. The van der Waals surface area contributed by atoms with E-state index in [1.54, 1.807) is 112 Å². The van der Waals surface area contributed by atoms with E-state index >= 15 is 9.59 Å². The Morgan fingerprint density at radius 1 is 0.763 bits per heavy atom. The fourth-order valence-electron chi connectivity index (χ4n) is 11.9. The van der Waals surface area contributed by atoms with E-state index in [1.165, 1.54) is 38.1 Å². The van der Waals surface area contributed by atoms with Crippen LogP contribution in [-0.2, 0) is 47.6 Å². The first-order chi connectivity index (χ1) is 36.1. The number of rotatable bonds is 16. The van der Waals surface area contributed by atoms with Gasteiger partial charge in [0, 0.05) is 56.6 Å². The van der Waals surface area contributed by atoms with Gasteiger partial charge in [-0.3, -0.25) is 19.2 Å². The number of nitrogens with zero attached hydrogens (tertiary/aromatic N) is 1. The molecule has 4 aromatic rings. The van der Waals surface area contributed by atoms with Crippen molar-refractivity contribution in [2.75, 3.05) is 13.2 Å². The molecule has 2 saturated carbocycles. The fourth-order valence-corrected chi connectivity index (χ4v) is 11.9. The lowest BCUT2D eigenvalue weighted by Crippen LogP contribution is -2.82. The zero-order chi connectivity index (χ0) is 54.9. The number of hydrazone groups is 1. The Morgan fingerprint density at radius 2 is 1.34 bits per heavy atom. The van der Waals surface area contributed by atoms with Gasteiger partial charge in [-0.15, -0.1) is 0 Å². The molecule has 76 heavy (non-hydrogen) atoms. The van der Waals surface area contributed by atoms with E-state index in [9.17, 15) is 34.2 Å². The predicted octanol–water partition coefficient (Wildman–Crippen LogP) is 6.82. The summed E-state index contributed by atoms with van der Waals surface area (Å²) in [5.74, 6) is -8.81. The third kappa shape index (κ3) is 9.98. The highest BCUT2D eigenvalue weighted by molar-refractivity contribution is 6.00. The summed E-state index contributed by atoms with van der Waals surface area (Å²) in [6.45, 7) is 12.3. The molecule has 8 rings (SSSR count). The minimum atomic E-state index is -2.46. The van der Waals surface area contributed by atoms with Crippen LogP contribution in [0.15, 0.2) is 132 Å². The Labute approximate surface area is 440 Å². The van der Waals surface area contributed by atoms with Crippen LogP contribution in [0, 0.1) is 16.7 Å². The van der Waals surface area contributed by atoms with Crippen molar-refractivity contribution in [2.24, 2.45) is 21.8 Å². The first-order valence-corrected chi connectivity index (χ1v) is 25.4. The lowest BCUT2D eigenvalue weighted by Gasteiger charge is -2.67. The minimum Gasteiger partial charge on any atom is -0.455 e. The van der Waals surface area contributed by atoms with Gasteiger partial charge in [0.15, 0.2) is 23.3 Å². The van der Waals surface area contributed by atoms with Gasteiger partial charge in [0.1, 0.15) is 23.9 Å². The molecular weight excluding hydrogens is 977 g/mol. The number of Topliss-reactive ketones (excluding diaryl/α,β-unsaturated/α-hetero) is 2. The van der Waals surface area contributed by atoms with E-state index in [4.69, 9.17) is 28.4 Å². The molecule has 3 N–H and O–H groups in total. The molecular formula is C59H64N2O15. The van der Waals surface area contributed by atoms with Gasteiger partial charge in [0.2, 0.25) is 6.10 Å². The zero-order valence-electron chi connectivity index (χ0n) is 43.8. The molecule has 0 spiro atoms. The third-order valence-electron chi connectivity index (χ3n) is 15.9. The van der Waals surface area contributed by atoms with Crippen LogP contribution in [0.5, 0.6) is 0 Å². The van der Waals surface area contributed by atoms with Crippen molar-refractivity contribution in [3.8, 4) is 0 Å². The lowest BCUT2D eigenvalue weighted by molar-refractivity contribution is -0.346. The summed E-state index contributed by atoms with van der Waals surface area (Å²) in [7, 11) is 0. The molecule has 0 aromatic heterocycles. The van der Waals surface area contributed by atoms with Crippen molar-refractivity contribution < 1.29 is 72.2 Å². The molecule has 1 saturated heterocycles. The number of aliphatic hydroxyl groups excluding tert-OH is 1. The summed E-state index contributed by atoms with van der Waals surface area (Å²) in [6.07, 6.45) is -11.0. The van der Waals surface area contributed by atoms with Crippen molar-refractivity contribution >= 4 is 47.1 Å². The van der Waals surface area contributed by atoms with Gasteiger partial charge in [-0.2, -0.15) is 5.10 Å². The van der Waals surface area contributed by atoms with Crippen molar-refractivity contribution in [3.05, 3.63) is 154 Å². The Kier molecular flexibility index (Phi) is 15.7. The van der Waals surface area contributed by atoms with Gasteiger partial charge >= 0.3 is 29.8 Å². The highest BCUT2D eigenvalue weighted by atomic mass is 16.6. The second kappa shape index (κ2) is 21.7. The van der Waals surface area contributed by atoms with Crippen LogP contribution in [-0.4, -0.2) is 118 Å². The monoisotopic (exact) mass is 1040 g/mol. The molecule has 4 aliphatic rings. The number of benzene rings is 4. The largest absolute Gasteiger partial charge is 0.455 e. The zero-order valence-corrected chi connectivity index (χ0v) is 43.8. The molecule has 3 fully saturated rings. The van der Waals surface area contributed by atoms with Crippen LogP contribution in [0.25, 0.3) is 0 Å². The molecule has 1 aliphatic heterocycles. The summed E-state index contributed by atoms with van der Waals surface area (Å²) in [5, 5.41) is 30.6. The number of carbonyl (C=O) groups excluding carboxylic acids is 7. The Hall–Kier alpha value is -7.34. The average molecular weight is 1040 g/mol. The molecule has 0 radical (unpaired) electrons. The van der Waals surface area contributed by atoms with Gasteiger partial charge in [0.05, 0.1) is 40.9 Å². The standard InChI is InChI=1S/C59H64N2O15/c1-9-60-61-34(3)37-25-27-41(28-26-37)53(67)74-48(42(38-19-13-10-14-20-38)29-43(64)39-21-15-11-16-22-39)55(69)73-44-31-59(70)52(75-54(68)40-23-17-12-18-24-40)50-57(8,45(65)30-46-58(50,32-71-46)76-36(5)63)51(66)49(72-35(4)62)47(33(44)2)56(59,6)7/h10-28,42,44-46,48-50,52,60,65,70H,9,29-32H2,1-8H3/b61-34+/t42-,44-,45-,46+,48+,49+,50?,52?,57+,58-,59+/m1/s1. The number of fused-ring (bicyclic) bond motifs is 5. The first-order valence-electron chi connectivity index (χ1n) is 25.4. The van der Waals surface area contributed by atoms with Crippen molar-refractivity contribution in [1.29, 1.82) is 0 Å². The third-order valence-corrected chi connectivity index (χ3v) is 15.9. The maximum Gasteiger partial charge on any atom is 0.348 e. The smallest absolute Gasteiger partial charge is 0.348 e. The second-order valence-electron chi connectivity index (χ2n) is 20.8. The van der Waals surface area contributed by atoms with E-state index in [1.807, 2.05) is 6.92 Å². The van der Waals surface area contributed by atoms with E-state index in [-0.39, 0.29) is 47.5 Å². The molecule has 2 bridgehead atoms. The number of carbonyl (C=O) groups is 7. The second-order valence-corrected chi connectivity index (χ2v) is 20.8. The summed E-state index contributed by atoms with van der Waals surface area (Å²) >= 11 is 0. The van der Waals surface area contributed by atoms with Gasteiger partial charge in [-0.25, -0.2) is 14.4 Å². The van der Waals surface area contributed by atoms with E-state index in [2.05, 4.69) is 10.5 Å². The number of esters is 5. The molecule has 0 amide bonds. The molecule has 17 heteroatoms. The molecule has 2 unspecified atom stereocenters. The maximum atomic E-state index is 15.8. The number of hydrogen-bond acceptors (Lipinski definition) is 17. The van der Waals surface area contributed by atoms with Crippen molar-refractivity contribution in [1.82, 2.24) is 5.43 Å². The van der Waals surface area contributed by atoms with E-state index in [0.29, 0.717) is 28.9 Å². The normalized spacial score (nSPS) is 28.3. The first kappa shape index (κ1) is 54.9. The molecule has 3 aliphatic carbocycles. The summed E-state index contributed by atoms with van der Waals surface area (Å²) < 4.78 is 37.3. The molecule has 4 aromatic carbocycles. The van der Waals surface area contributed by atoms with Crippen molar-refractivity contribution in [3.63, 3.8) is 0 Å². The average Bonchev–Trinajstić information content (AvgIpc) is 3.60. The molecule has 11 atom stereocenters. The Morgan fingerprint density at radius 3 is 1.91 bits per heavy atom. The summed E-state index contributed by atoms with van der Waals surface area (Å²) in [6, 6.07) is 31.1. The predicted molar refractivity (Wildman–Crippen MR) is 275 cm³/mol. The highest BCUT2D eigenvalue weighted by Gasteiger charge is 2.78. The van der Waals surface area contributed by atoms with Crippen LogP contribution in [0.3, 0.4) is 0 Å². The van der Waals surface area contributed by atoms with E-state index in [0.717, 1.165) is 13.8 Å². The maximum absolute atomic E-state index is 15.8. The lowest BCUT2D eigenvalue weighted by atomic mass is 9.44. The fraction of sp³-hybridized carbons (Fsp3) is 0.424. The molecule has 400 valence electrons.